The number of morpholine rings is 1. The van der Waals surface area contributed by atoms with E-state index in [2.05, 4.69) is 44.7 Å². The smallest absolute Gasteiger partial charge is 0.0757 e. The van der Waals surface area contributed by atoms with Crippen LogP contribution in [0.5, 0.6) is 0 Å². The first-order valence-corrected chi connectivity index (χ1v) is 7.03. The molecule has 0 aromatic heterocycles. The molecule has 0 radical (unpaired) electrons. The third kappa shape index (κ3) is 3.78. The highest BCUT2D eigenvalue weighted by atomic mass is 16.5. The second kappa shape index (κ2) is 5.23. The molecule has 1 aromatic rings. The molecule has 1 aliphatic heterocycles. The van der Waals surface area contributed by atoms with Gasteiger partial charge in [0, 0.05) is 19.6 Å². The second-order valence-electron chi connectivity index (χ2n) is 6.64. The lowest BCUT2D eigenvalue weighted by Crippen LogP contribution is -2.56. The zero-order valence-corrected chi connectivity index (χ0v) is 12.5. The van der Waals surface area contributed by atoms with Crippen molar-refractivity contribution in [3.63, 3.8) is 0 Å². The van der Waals surface area contributed by atoms with E-state index in [1.165, 1.54) is 5.56 Å². The standard InChI is InChI=1S/C16H26N2O/c1-13-10-18(11-15(2,3)19-13)12-16(4,17)14-8-6-5-7-9-14/h5-9,13H,10-12,17H2,1-4H3. The molecule has 2 atom stereocenters. The Kier molecular flexibility index (Phi) is 4.00. The summed E-state index contributed by atoms with van der Waals surface area (Å²) in [4.78, 5) is 2.42. The zero-order chi connectivity index (χ0) is 14.1. The molecule has 3 heteroatoms. The van der Waals surface area contributed by atoms with E-state index in [9.17, 15) is 0 Å². The predicted octanol–water partition coefficient (Wildman–Crippen LogP) is 2.36. The summed E-state index contributed by atoms with van der Waals surface area (Å²) in [5.41, 5.74) is 7.29. The fraction of sp³-hybridized carbons (Fsp3) is 0.625. The Balaban J connectivity index is 2.08. The van der Waals surface area contributed by atoms with Gasteiger partial charge in [-0.25, -0.2) is 0 Å². The van der Waals surface area contributed by atoms with Gasteiger partial charge in [-0.2, -0.15) is 0 Å². The molecular weight excluding hydrogens is 236 g/mol. The van der Waals surface area contributed by atoms with Crippen LogP contribution in [0.3, 0.4) is 0 Å². The average molecular weight is 262 g/mol. The van der Waals surface area contributed by atoms with Gasteiger partial charge < -0.3 is 10.5 Å². The summed E-state index contributed by atoms with van der Waals surface area (Å²) in [5, 5.41) is 0. The van der Waals surface area contributed by atoms with Crippen LogP contribution >= 0.6 is 0 Å². The molecular formula is C16H26N2O. The monoisotopic (exact) mass is 262 g/mol. The van der Waals surface area contributed by atoms with E-state index in [1.54, 1.807) is 0 Å². The van der Waals surface area contributed by atoms with Gasteiger partial charge in [0.25, 0.3) is 0 Å². The molecule has 1 aromatic carbocycles. The second-order valence-corrected chi connectivity index (χ2v) is 6.64. The Morgan fingerprint density at radius 1 is 1.37 bits per heavy atom. The first kappa shape index (κ1) is 14.5. The van der Waals surface area contributed by atoms with E-state index in [4.69, 9.17) is 10.5 Å². The Morgan fingerprint density at radius 3 is 2.58 bits per heavy atom. The Labute approximate surface area is 116 Å². The normalized spacial score (nSPS) is 26.9. The van der Waals surface area contributed by atoms with Crippen molar-refractivity contribution in [2.45, 2.75) is 44.9 Å². The van der Waals surface area contributed by atoms with Gasteiger partial charge in [0.2, 0.25) is 0 Å². The van der Waals surface area contributed by atoms with Gasteiger partial charge in [-0.15, -0.1) is 0 Å². The lowest BCUT2D eigenvalue weighted by Gasteiger charge is -2.44. The minimum absolute atomic E-state index is 0.0928. The molecule has 3 nitrogen and oxygen atoms in total. The summed E-state index contributed by atoms with van der Waals surface area (Å²) in [6, 6.07) is 10.3. The largest absolute Gasteiger partial charge is 0.370 e. The number of rotatable bonds is 3. The first-order valence-electron chi connectivity index (χ1n) is 7.03. The number of hydrogen-bond acceptors (Lipinski definition) is 3. The number of nitrogens with zero attached hydrogens (tertiary/aromatic N) is 1. The average Bonchev–Trinajstić information content (AvgIpc) is 2.26. The van der Waals surface area contributed by atoms with Crippen LogP contribution in [0.1, 0.15) is 33.3 Å². The maximum atomic E-state index is 6.52. The van der Waals surface area contributed by atoms with Crippen molar-refractivity contribution in [2.75, 3.05) is 19.6 Å². The Hall–Kier alpha value is -0.900. The first-order chi connectivity index (χ1) is 8.78. The van der Waals surface area contributed by atoms with Gasteiger partial charge >= 0.3 is 0 Å². The maximum Gasteiger partial charge on any atom is 0.0757 e. The number of hydrogen-bond donors (Lipinski definition) is 1. The molecule has 0 aliphatic carbocycles. The lowest BCUT2D eigenvalue weighted by molar-refractivity contribution is -0.131. The van der Waals surface area contributed by atoms with E-state index < -0.39 is 0 Å². The van der Waals surface area contributed by atoms with Gasteiger partial charge in [-0.3, -0.25) is 4.90 Å². The van der Waals surface area contributed by atoms with Crippen LogP contribution in [-0.2, 0) is 10.3 Å². The van der Waals surface area contributed by atoms with E-state index >= 15 is 0 Å². The molecule has 2 unspecified atom stereocenters. The summed E-state index contributed by atoms with van der Waals surface area (Å²) >= 11 is 0. The molecule has 0 bridgehead atoms. The topological polar surface area (TPSA) is 38.5 Å². The van der Waals surface area contributed by atoms with E-state index in [-0.39, 0.29) is 17.2 Å². The molecule has 1 fully saturated rings. The van der Waals surface area contributed by atoms with Gasteiger partial charge in [-0.1, -0.05) is 30.3 Å². The summed E-state index contributed by atoms with van der Waals surface area (Å²) in [6.45, 7) is 11.3. The SMILES string of the molecule is CC1CN(CC(C)(N)c2ccccc2)CC(C)(C)O1. The van der Waals surface area contributed by atoms with Crippen LogP contribution in [0.4, 0.5) is 0 Å². The molecule has 0 saturated carbocycles. The lowest BCUT2D eigenvalue weighted by atomic mass is 9.91. The van der Waals surface area contributed by atoms with Crippen molar-refractivity contribution in [1.29, 1.82) is 0 Å². The van der Waals surface area contributed by atoms with Gasteiger partial charge in [0.05, 0.1) is 17.2 Å². The molecule has 0 spiro atoms. The Bertz CT molecular complexity index is 414. The highest BCUT2D eigenvalue weighted by Gasteiger charge is 2.34. The van der Waals surface area contributed by atoms with Crippen LogP contribution in [0, 0.1) is 0 Å². The fourth-order valence-electron chi connectivity index (χ4n) is 3.08. The molecule has 2 N–H and O–H groups in total. The molecule has 1 aliphatic rings. The van der Waals surface area contributed by atoms with Crippen molar-refractivity contribution >= 4 is 0 Å². The summed E-state index contributed by atoms with van der Waals surface area (Å²) in [5.74, 6) is 0. The van der Waals surface area contributed by atoms with Crippen LogP contribution in [-0.4, -0.2) is 36.2 Å². The van der Waals surface area contributed by atoms with Crippen LogP contribution in [0.25, 0.3) is 0 Å². The maximum absolute atomic E-state index is 6.52. The molecule has 106 valence electrons. The quantitative estimate of drug-likeness (QED) is 0.909. The van der Waals surface area contributed by atoms with Crippen molar-refractivity contribution in [2.24, 2.45) is 5.73 Å². The number of ether oxygens (including phenoxy) is 1. The summed E-state index contributed by atoms with van der Waals surface area (Å²) in [7, 11) is 0. The third-order valence-electron chi connectivity index (χ3n) is 3.63. The minimum Gasteiger partial charge on any atom is -0.370 e. The third-order valence-corrected chi connectivity index (χ3v) is 3.63. The van der Waals surface area contributed by atoms with E-state index in [0.29, 0.717) is 0 Å². The van der Waals surface area contributed by atoms with E-state index in [0.717, 1.165) is 19.6 Å². The van der Waals surface area contributed by atoms with Crippen LogP contribution in [0.15, 0.2) is 30.3 Å². The summed E-state index contributed by atoms with van der Waals surface area (Å²) < 4.78 is 5.94. The molecule has 2 rings (SSSR count). The molecule has 0 amide bonds. The number of benzene rings is 1. The van der Waals surface area contributed by atoms with Gasteiger partial charge in [0.1, 0.15) is 0 Å². The van der Waals surface area contributed by atoms with Crippen molar-refractivity contribution in [3.05, 3.63) is 35.9 Å². The molecule has 19 heavy (non-hydrogen) atoms. The minimum atomic E-state index is -0.325. The van der Waals surface area contributed by atoms with Crippen molar-refractivity contribution in [1.82, 2.24) is 4.90 Å². The Morgan fingerprint density at radius 2 is 2.00 bits per heavy atom. The highest BCUT2D eigenvalue weighted by molar-refractivity contribution is 5.23. The zero-order valence-electron chi connectivity index (χ0n) is 12.5. The number of nitrogens with two attached hydrogens (primary N) is 1. The van der Waals surface area contributed by atoms with Crippen LogP contribution < -0.4 is 5.73 Å². The van der Waals surface area contributed by atoms with Crippen molar-refractivity contribution in [3.8, 4) is 0 Å². The molecule has 1 saturated heterocycles. The molecule has 1 heterocycles. The fourth-order valence-corrected chi connectivity index (χ4v) is 3.08. The summed E-state index contributed by atoms with van der Waals surface area (Å²) in [6.07, 6.45) is 0.260. The van der Waals surface area contributed by atoms with Crippen LogP contribution in [0.2, 0.25) is 0 Å². The highest BCUT2D eigenvalue weighted by Crippen LogP contribution is 2.25. The van der Waals surface area contributed by atoms with Crippen molar-refractivity contribution < 1.29 is 4.74 Å². The van der Waals surface area contributed by atoms with Gasteiger partial charge in [0.15, 0.2) is 0 Å². The van der Waals surface area contributed by atoms with Gasteiger partial charge in [-0.05, 0) is 33.3 Å². The predicted molar refractivity (Wildman–Crippen MR) is 79.0 cm³/mol. The van der Waals surface area contributed by atoms with E-state index in [1.807, 2.05) is 18.2 Å².